The predicted octanol–water partition coefficient (Wildman–Crippen LogP) is 2.68. The molecule has 92 valence electrons. The van der Waals surface area contributed by atoms with Gasteiger partial charge in [-0.15, -0.1) is 0 Å². The van der Waals surface area contributed by atoms with E-state index in [1.807, 2.05) is 25.1 Å². The summed E-state index contributed by atoms with van der Waals surface area (Å²) in [4.78, 5) is 15.7. The van der Waals surface area contributed by atoms with Crippen LogP contribution < -0.4 is 5.32 Å². The summed E-state index contributed by atoms with van der Waals surface area (Å²) in [6.45, 7) is 1.88. The molecular weight excluding hydrogens is 238 g/mol. The molecule has 0 spiro atoms. The Morgan fingerprint density at radius 2 is 2.11 bits per heavy atom. The van der Waals surface area contributed by atoms with Crippen molar-refractivity contribution < 1.29 is 4.79 Å². The van der Waals surface area contributed by atoms with Crippen molar-refractivity contribution >= 4 is 11.6 Å². The third kappa shape index (κ3) is 1.85. The second-order valence-electron chi connectivity index (χ2n) is 4.59. The molecule has 1 N–H and O–H groups in total. The van der Waals surface area contributed by atoms with Crippen LogP contribution in [0.4, 0.5) is 5.69 Å². The topological polar surface area (TPSA) is 65.8 Å². The molecule has 1 atom stereocenters. The number of carbonyl (C=O) groups excluding carboxylic acids is 1. The van der Waals surface area contributed by atoms with Crippen LogP contribution in [-0.2, 0) is 4.79 Å². The lowest BCUT2D eigenvalue weighted by Gasteiger charge is -2.06. The minimum atomic E-state index is -0.137. The molecule has 0 saturated carbocycles. The molecule has 0 bridgehead atoms. The van der Waals surface area contributed by atoms with Crippen LogP contribution in [0.25, 0.3) is 11.1 Å². The summed E-state index contributed by atoms with van der Waals surface area (Å²) in [6, 6.07) is 9.67. The van der Waals surface area contributed by atoms with Gasteiger partial charge >= 0.3 is 0 Å². The second-order valence-corrected chi connectivity index (χ2v) is 4.59. The van der Waals surface area contributed by atoms with E-state index in [4.69, 9.17) is 5.26 Å². The Labute approximate surface area is 110 Å². The van der Waals surface area contributed by atoms with Crippen molar-refractivity contribution in [1.82, 2.24) is 4.98 Å². The number of nitrogens with zero attached hydrogens (tertiary/aromatic N) is 2. The Balaban J connectivity index is 2.08. The van der Waals surface area contributed by atoms with Gasteiger partial charge in [-0.1, -0.05) is 6.07 Å². The molecule has 1 aliphatic heterocycles. The van der Waals surface area contributed by atoms with Crippen molar-refractivity contribution in [2.45, 2.75) is 12.8 Å². The Morgan fingerprint density at radius 3 is 2.89 bits per heavy atom. The van der Waals surface area contributed by atoms with Gasteiger partial charge in [-0.05, 0) is 36.2 Å². The van der Waals surface area contributed by atoms with Gasteiger partial charge < -0.3 is 5.32 Å². The minimum Gasteiger partial charge on any atom is -0.325 e. The smallest absolute Gasteiger partial charge is 0.231 e. The number of amides is 1. The molecule has 0 saturated heterocycles. The SMILES string of the molecule is CC1C(=O)Nc2ccc(-c3cncc(C#N)c3)cc21. The molecule has 2 heterocycles. The number of anilines is 1. The Morgan fingerprint density at radius 1 is 1.26 bits per heavy atom. The molecule has 1 unspecified atom stereocenters. The predicted molar refractivity (Wildman–Crippen MR) is 71.4 cm³/mol. The van der Waals surface area contributed by atoms with Crippen molar-refractivity contribution in [2.24, 2.45) is 0 Å². The average molecular weight is 249 g/mol. The van der Waals surface area contributed by atoms with Crippen molar-refractivity contribution in [3.63, 3.8) is 0 Å². The largest absolute Gasteiger partial charge is 0.325 e. The highest BCUT2D eigenvalue weighted by Gasteiger charge is 2.26. The third-order valence-corrected chi connectivity index (χ3v) is 3.37. The van der Waals surface area contributed by atoms with Crippen LogP contribution in [0.15, 0.2) is 36.7 Å². The average Bonchev–Trinajstić information content (AvgIpc) is 2.74. The molecule has 1 aliphatic rings. The van der Waals surface area contributed by atoms with Crippen molar-refractivity contribution in [3.05, 3.63) is 47.8 Å². The zero-order valence-corrected chi connectivity index (χ0v) is 10.3. The molecule has 3 rings (SSSR count). The molecule has 4 heteroatoms. The molecule has 1 aromatic heterocycles. The summed E-state index contributed by atoms with van der Waals surface area (Å²) in [6.07, 6.45) is 3.25. The highest BCUT2D eigenvalue weighted by atomic mass is 16.2. The quantitative estimate of drug-likeness (QED) is 0.845. The number of nitriles is 1. The maximum Gasteiger partial charge on any atom is 0.231 e. The number of hydrogen-bond donors (Lipinski definition) is 1. The fraction of sp³-hybridized carbons (Fsp3) is 0.133. The van der Waals surface area contributed by atoms with E-state index in [9.17, 15) is 4.79 Å². The van der Waals surface area contributed by atoms with E-state index in [0.717, 1.165) is 22.4 Å². The Kier molecular flexibility index (Phi) is 2.53. The van der Waals surface area contributed by atoms with Crippen LogP contribution >= 0.6 is 0 Å². The molecule has 0 radical (unpaired) electrons. The van der Waals surface area contributed by atoms with E-state index in [2.05, 4.69) is 16.4 Å². The highest BCUT2D eigenvalue weighted by Crippen LogP contribution is 2.35. The van der Waals surface area contributed by atoms with Gasteiger partial charge in [-0.3, -0.25) is 9.78 Å². The van der Waals surface area contributed by atoms with E-state index in [1.165, 1.54) is 6.20 Å². The zero-order chi connectivity index (χ0) is 13.4. The van der Waals surface area contributed by atoms with Gasteiger partial charge in [-0.2, -0.15) is 5.26 Å². The second kappa shape index (κ2) is 4.21. The van der Waals surface area contributed by atoms with Gasteiger partial charge in [0.2, 0.25) is 5.91 Å². The number of rotatable bonds is 1. The molecule has 19 heavy (non-hydrogen) atoms. The molecule has 2 aromatic rings. The first-order valence-electron chi connectivity index (χ1n) is 5.99. The standard InChI is InChI=1S/C15H11N3O/c1-9-13-5-11(2-3-14(13)18-15(9)19)12-4-10(6-16)7-17-8-12/h2-5,7-9H,1H3,(H,18,19). The number of aromatic nitrogens is 1. The molecule has 1 amide bonds. The first kappa shape index (κ1) is 11.4. The van der Waals surface area contributed by atoms with Gasteiger partial charge in [0.1, 0.15) is 6.07 Å². The normalized spacial score (nSPS) is 16.6. The zero-order valence-electron chi connectivity index (χ0n) is 10.3. The van der Waals surface area contributed by atoms with E-state index in [0.29, 0.717) is 5.56 Å². The third-order valence-electron chi connectivity index (χ3n) is 3.37. The molecule has 1 aromatic carbocycles. The lowest BCUT2D eigenvalue weighted by atomic mass is 9.97. The van der Waals surface area contributed by atoms with Gasteiger partial charge in [-0.25, -0.2) is 0 Å². The molecule has 4 nitrogen and oxygen atoms in total. The van der Waals surface area contributed by atoms with Gasteiger partial charge in [0.25, 0.3) is 0 Å². The highest BCUT2D eigenvalue weighted by molar-refractivity contribution is 6.03. The minimum absolute atomic E-state index is 0.0241. The molecular formula is C15H11N3O. The number of carbonyl (C=O) groups is 1. The van der Waals surface area contributed by atoms with E-state index < -0.39 is 0 Å². The maximum absolute atomic E-state index is 11.6. The summed E-state index contributed by atoms with van der Waals surface area (Å²) in [7, 11) is 0. The van der Waals surface area contributed by atoms with E-state index >= 15 is 0 Å². The summed E-state index contributed by atoms with van der Waals surface area (Å²) in [5.74, 6) is -0.113. The number of fused-ring (bicyclic) bond motifs is 1. The van der Waals surface area contributed by atoms with Crippen molar-refractivity contribution in [1.29, 1.82) is 5.26 Å². The fourth-order valence-electron chi connectivity index (χ4n) is 2.26. The lowest BCUT2D eigenvalue weighted by Crippen LogP contribution is -2.08. The van der Waals surface area contributed by atoms with Crippen LogP contribution in [0, 0.1) is 11.3 Å². The summed E-state index contributed by atoms with van der Waals surface area (Å²) in [5, 5.41) is 11.7. The van der Waals surface area contributed by atoms with Crippen LogP contribution in [0.5, 0.6) is 0 Å². The van der Waals surface area contributed by atoms with Crippen LogP contribution in [0.1, 0.15) is 24.0 Å². The van der Waals surface area contributed by atoms with Gasteiger partial charge in [0, 0.05) is 23.6 Å². The monoisotopic (exact) mass is 249 g/mol. The maximum atomic E-state index is 11.6. The van der Waals surface area contributed by atoms with Crippen LogP contribution in [0.3, 0.4) is 0 Å². The van der Waals surface area contributed by atoms with E-state index in [1.54, 1.807) is 12.3 Å². The number of benzene rings is 1. The lowest BCUT2D eigenvalue weighted by molar-refractivity contribution is -0.116. The van der Waals surface area contributed by atoms with Crippen molar-refractivity contribution in [3.8, 4) is 17.2 Å². The van der Waals surface area contributed by atoms with Crippen LogP contribution in [0.2, 0.25) is 0 Å². The summed E-state index contributed by atoms with van der Waals surface area (Å²) >= 11 is 0. The Bertz CT molecular complexity index is 716. The number of pyridine rings is 1. The molecule has 0 aliphatic carbocycles. The number of nitrogens with one attached hydrogen (secondary N) is 1. The van der Waals surface area contributed by atoms with Crippen molar-refractivity contribution in [2.75, 3.05) is 5.32 Å². The summed E-state index contributed by atoms with van der Waals surface area (Å²) in [5.41, 5.74) is 4.23. The van der Waals surface area contributed by atoms with Crippen LogP contribution in [-0.4, -0.2) is 10.9 Å². The fourth-order valence-corrected chi connectivity index (χ4v) is 2.26. The van der Waals surface area contributed by atoms with Gasteiger partial charge in [0.05, 0.1) is 11.5 Å². The number of hydrogen-bond acceptors (Lipinski definition) is 3. The first-order chi connectivity index (χ1) is 9.19. The van der Waals surface area contributed by atoms with E-state index in [-0.39, 0.29) is 11.8 Å². The molecule has 0 fully saturated rings. The first-order valence-corrected chi connectivity index (χ1v) is 5.99. The summed E-state index contributed by atoms with van der Waals surface area (Å²) < 4.78 is 0. The Hall–Kier alpha value is -2.67. The van der Waals surface area contributed by atoms with Gasteiger partial charge in [0.15, 0.2) is 0 Å².